The minimum absolute atomic E-state index is 0.316. The molecule has 16 heavy (non-hydrogen) atoms. The summed E-state index contributed by atoms with van der Waals surface area (Å²) in [6, 6.07) is 3.55. The Labute approximate surface area is 110 Å². The van der Waals surface area contributed by atoms with Gasteiger partial charge in [-0.25, -0.2) is 0 Å². The summed E-state index contributed by atoms with van der Waals surface area (Å²) in [7, 11) is 1.00. The number of phenols is 1. The maximum absolute atomic E-state index is 9.54. The third-order valence-corrected chi connectivity index (χ3v) is 3.52. The van der Waals surface area contributed by atoms with Gasteiger partial charge in [0.1, 0.15) is 11.5 Å². The van der Waals surface area contributed by atoms with E-state index in [0.717, 1.165) is 16.4 Å². The zero-order valence-corrected chi connectivity index (χ0v) is 11.7. The molecular weight excluding hydrogens is 319 g/mol. The largest absolute Gasteiger partial charge is 0.508 e. The summed E-state index contributed by atoms with van der Waals surface area (Å²) in [5.41, 5.74) is 1.24. The monoisotopic (exact) mass is 336 g/mol. The molecular formula is C12H17IO3. The second kappa shape index (κ2) is 6.30. The fourth-order valence-electron chi connectivity index (χ4n) is 1.56. The first kappa shape index (κ1) is 13.6. The maximum Gasteiger partial charge on any atom is 0.136 e. The number of aliphatic hydroxyl groups is 1. The van der Waals surface area contributed by atoms with Crippen molar-refractivity contribution < 1.29 is 14.9 Å². The van der Waals surface area contributed by atoms with Crippen LogP contribution in [-0.4, -0.2) is 23.9 Å². The summed E-state index contributed by atoms with van der Waals surface area (Å²) in [4.78, 5) is 0. The number of halogens is 1. The topological polar surface area (TPSA) is 49.7 Å². The van der Waals surface area contributed by atoms with Gasteiger partial charge in [-0.1, -0.05) is 0 Å². The molecule has 0 bridgehead atoms. The summed E-state index contributed by atoms with van der Waals surface area (Å²) < 4.78 is 6.63. The molecule has 1 saturated carbocycles. The van der Waals surface area contributed by atoms with E-state index in [1.54, 1.807) is 6.07 Å². The van der Waals surface area contributed by atoms with Crippen molar-refractivity contribution in [3.63, 3.8) is 0 Å². The summed E-state index contributed by atoms with van der Waals surface area (Å²) in [5, 5.41) is 16.5. The highest BCUT2D eigenvalue weighted by Gasteiger charge is 2.27. The van der Waals surface area contributed by atoms with Gasteiger partial charge in [0.2, 0.25) is 0 Å². The summed E-state index contributed by atoms with van der Waals surface area (Å²) in [6.45, 7) is 2.60. The van der Waals surface area contributed by atoms with Crippen molar-refractivity contribution in [3.8, 4) is 11.5 Å². The van der Waals surface area contributed by atoms with E-state index in [9.17, 15) is 5.11 Å². The smallest absolute Gasteiger partial charge is 0.136 e. The van der Waals surface area contributed by atoms with Crippen LogP contribution in [0.5, 0.6) is 11.5 Å². The second-order valence-electron chi connectivity index (χ2n) is 3.55. The molecule has 3 nitrogen and oxygen atoms in total. The van der Waals surface area contributed by atoms with E-state index in [1.807, 2.05) is 13.0 Å². The van der Waals surface area contributed by atoms with Crippen LogP contribution in [0, 0.1) is 3.57 Å². The highest BCUT2D eigenvalue weighted by Crippen LogP contribution is 2.45. The fraction of sp³-hybridized carbons (Fsp3) is 0.500. The third-order valence-electron chi connectivity index (χ3n) is 2.37. The van der Waals surface area contributed by atoms with Crippen LogP contribution >= 0.6 is 22.6 Å². The number of ether oxygens (including phenoxy) is 1. The van der Waals surface area contributed by atoms with Gasteiger partial charge in [0.05, 0.1) is 10.2 Å². The lowest BCUT2D eigenvalue weighted by Crippen LogP contribution is -1.96. The fourth-order valence-corrected chi connectivity index (χ4v) is 2.46. The van der Waals surface area contributed by atoms with Crippen molar-refractivity contribution in [2.24, 2.45) is 0 Å². The van der Waals surface area contributed by atoms with Crippen LogP contribution in [0.15, 0.2) is 12.1 Å². The van der Waals surface area contributed by atoms with Crippen LogP contribution in [0.4, 0.5) is 0 Å². The number of phenolic OH excluding ortho intramolecular Hbond substituents is 1. The predicted molar refractivity (Wildman–Crippen MR) is 72.1 cm³/mol. The Balaban J connectivity index is 0.000000606. The van der Waals surface area contributed by atoms with E-state index in [4.69, 9.17) is 9.84 Å². The van der Waals surface area contributed by atoms with Crippen LogP contribution in [-0.2, 0) is 0 Å². The van der Waals surface area contributed by atoms with Crippen molar-refractivity contribution in [1.82, 2.24) is 0 Å². The van der Waals surface area contributed by atoms with E-state index >= 15 is 0 Å². The van der Waals surface area contributed by atoms with Gasteiger partial charge in [-0.3, -0.25) is 0 Å². The van der Waals surface area contributed by atoms with Crippen molar-refractivity contribution in [1.29, 1.82) is 0 Å². The summed E-state index contributed by atoms with van der Waals surface area (Å²) in [5.74, 6) is 1.78. The molecule has 0 atom stereocenters. The lowest BCUT2D eigenvalue weighted by atomic mass is 10.1. The first-order chi connectivity index (χ1) is 7.72. The number of aromatic hydroxyl groups is 1. The molecule has 1 aliphatic rings. The molecule has 0 aromatic heterocycles. The standard InChI is InChI=1S/C11H13IO2.CH4O/c1-2-14-10-6-8(13)5-9(11(10)12)7-3-4-7;1-2/h5-7,13H,2-4H2,1H3;2H,1H3. The first-order valence-corrected chi connectivity index (χ1v) is 6.40. The predicted octanol–water partition coefficient (Wildman–Crippen LogP) is 2.88. The molecule has 0 spiro atoms. The Bertz CT molecular complexity index is 348. The Hall–Kier alpha value is -0.490. The normalized spacial score (nSPS) is 14.0. The number of hydrogen-bond acceptors (Lipinski definition) is 3. The van der Waals surface area contributed by atoms with Crippen molar-refractivity contribution in [2.45, 2.75) is 25.7 Å². The van der Waals surface area contributed by atoms with Crippen LogP contribution in [0.2, 0.25) is 0 Å². The van der Waals surface area contributed by atoms with Crippen molar-refractivity contribution in [3.05, 3.63) is 21.3 Å². The van der Waals surface area contributed by atoms with Gasteiger partial charge in [-0.05, 0) is 59.9 Å². The average Bonchev–Trinajstić information content (AvgIpc) is 3.10. The average molecular weight is 336 g/mol. The molecule has 0 heterocycles. The van der Waals surface area contributed by atoms with Crippen molar-refractivity contribution >= 4 is 22.6 Å². The van der Waals surface area contributed by atoms with Gasteiger partial charge in [0, 0.05) is 13.2 Å². The van der Waals surface area contributed by atoms with E-state index in [-0.39, 0.29) is 0 Å². The van der Waals surface area contributed by atoms with Gasteiger partial charge in [-0.15, -0.1) is 0 Å². The molecule has 1 aromatic carbocycles. The molecule has 1 fully saturated rings. The Morgan fingerprint density at radius 3 is 2.50 bits per heavy atom. The lowest BCUT2D eigenvalue weighted by Gasteiger charge is -2.10. The zero-order valence-electron chi connectivity index (χ0n) is 9.53. The van der Waals surface area contributed by atoms with E-state index in [2.05, 4.69) is 22.6 Å². The second-order valence-corrected chi connectivity index (χ2v) is 4.63. The van der Waals surface area contributed by atoms with Crippen molar-refractivity contribution in [2.75, 3.05) is 13.7 Å². The first-order valence-electron chi connectivity index (χ1n) is 5.32. The van der Waals surface area contributed by atoms with Gasteiger partial charge in [-0.2, -0.15) is 0 Å². The Morgan fingerprint density at radius 2 is 2.00 bits per heavy atom. The van der Waals surface area contributed by atoms with Crippen LogP contribution in [0.25, 0.3) is 0 Å². The molecule has 2 rings (SSSR count). The zero-order chi connectivity index (χ0) is 12.1. The molecule has 4 heteroatoms. The Kier molecular flexibility index (Phi) is 5.34. The van der Waals surface area contributed by atoms with Gasteiger partial charge < -0.3 is 14.9 Å². The molecule has 0 aliphatic heterocycles. The molecule has 0 amide bonds. The molecule has 1 aliphatic carbocycles. The van der Waals surface area contributed by atoms with E-state index < -0.39 is 0 Å². The van der Waals surface area contributed by atoms with Gasteiger partial charge in [0.25, 0.3) is 0 Å². The Morgan fingerprint density at radius 1 is 1.38 bits per heavy atom. The molecule has 0 radical (unpaired) electrons. The maximum atomic E-state index is 9.54. The SMILES string of the molecule is CCOc1cc(O)cc(C2CC2)c1I.CO. The molecule has 90 valence electrons. The van der Waals surface area contributed by atoms with E-state index in [1.165, 1.54) is 18.4 Å². The molecule has 2 N–H and O–H groups in total. The van der Waals surface area contributed by atoms with Crippen LogP contribution in [0.1, 0.15) is 31.2 Å². The molecule has 1 aromatic rings. The highest BCUT2D eigenvalue weighted by molar-refractivity contribution is 14.1. The quantitative estimate of drug-likeness (QED) is 0.835. The molecule has 0 unspecified atom stereocenters. The van der Waals surface area contributed by atoms with Crippen LogP contribution in [0.3, 0.4) is 0 Å². The van der Waals surface area contributed by atoms with Crippen LogP contribution < -0.4 is 4.74 Å². The lowest BCUT2D eigenvalue weighted by molar-refractivity contribution is 0.334. The highest BCUT2D eigenvalue weighted by atomic mass is 127. The summed E-state index contributed by atoms with van der Waals surface area (Å²) in [6.07, 6.45) is 2.48. The minimum atomic E-state index is 0.316. The van der Waals surface area contributed by atoms with Gasteiger partial charge >= 0.3 is 0 Å². The number of rotatable bonds is 3. The third kappa shape index (κ3) is 3.25. The number of benzene rings is 1. The van der Waals surface area contributed by atoms with E-state index in [0.29, 0.717) is 18.3 Å². The number of aliphatic hydroxyl groups excluding tert-OH is 1. The number of hydrogen-bond donors (Lipinski definition) is 2. The summed E-state index contributed by atoms with van der Waals surface area (Å²) >= 11 is 2.30. The van der Waals surface area contributed by atoms with Gasteiger partial charge in [0.15, 0.2) is 0 Å². The molecule has 0 saturated heterocycles. The minimum Gasteiger partial charge on any atom is -0.508 e.